The average molecular weight is 343 g/mol. The van der Waals surface area contributed by atoms with E-state index in [0.29, 0.717) is 5.82 Å². The van der Waals surface area contributed by atoms with Gasteiger partial charge < -0.3 is 15.2 Å². The van der Waals surface area contributed by atoms with Crippen LogP contribution in [0.2, 0.25) is 0 Å². The largest absolute Gasteiger partial charge is 0.378 e. The van der Waals surface area contributed by atoms with E-state index in [1.807, 2.05) is 63.5 Å². The minimum Gasteiger partial charge on any atom is -0.378 e. The van der Waals surface area contributed by atoms with Gasteiger partial charge in [0.1, 0.15) is 11.5 Å². The summed E-state index contributed by atoms with van der Waals surface area (Å²) < 4.78 is 0. The number of nitrogens with zero attached hydrogens (tertiary/aromatic N) is 3. The summed E-state index contributed by atoms with van der Waals surface area (Å²) in [6, 6.07) is 20.4. The zero-order valence-corrected chi connectivity index (χ0v) is 15.1. The lowest BCUT2D eigenvalue weighted by Crippen LogP contribution is -2.08. The van der Waals surface area contributed by atoms with Gasteiger partial charge in [-0.2, -0.15) is 0 Å². The number of hydrogen-bond donors (Lipinski definition) is 2. The van der Waals surface area contributed by atoms with Gasteiger partial charge in [-0.15, -0.1) is 0 Å². The Morgan fingerprint density at radius 2 is 1.73 bits per heavy atom. The first-order chi connectivity index (χ1) is 12.6. The highest BCUT2D eigenvalue weighted by Crippen LogP contribution is 2.29. The fraction of sp³-hybridized carbons (Fsp3) is 0.143. The summed E-state index contributed by atoms with van der Waals surface area (Å²) in [6.45, 7) is 2.03. The van der Waals surface area contributed by atoms with Gasteiger partial charge in [0.05, 0.1) is 5.39 Å². The van der Waals surface area contributed by atoms with Gasteiger partial charge in [0.25, 0.3) is 0 Å². The fourth-order valence-corrected chi connectivity index (χ4v) is 2.95. The van der Waals surface area contributed by atoms with Crippen LogP contribution in [0.5, 0.6) is 0 Å². The van der Waals surface area contributed by atoms with Crippen LogP contribution in [0.1, 0.15) is 5.69 Å². The van der Waals surface area contributed by atoms with Crippen LogP contribution in [-0.4, -0.2) is 29.0 Å². The first-order valence-corrected chi connectivity index (χ1v) is 8.57. The predicted molar refractivity (Wildman–Crippen MR) is 108 cm³/mol. The van der Waals surface area contributed by atoms with Crippen molar-refractivity contribution in [2.24, 2.45) is 0 Å². The van der Waals surface area contributed by atoms with Crippen LogP contribution in [0.4, 0.5) is 17.2 Å². The number of nitrogens with one attached hydrogen (secondary N) is 2. The zero-order chi connectivity index (χ0) is 18.1. The number of rotatable bonds is 4. The molecule has 26 heavy (non-hydrogen) atoms. The number of H-pyrrole nitrogens is 1. The normalized spacial score (nSPS) is 10.9. The Labute approximate surface area is 152 Å². The van der Waals surface area contributed by atoms with Crippen LogP contribution in [0.3, 0.4) is 0 Å². The topological polar surface area (TPSA) is 56.8 Å². The Morgan fingerprint density at radius 3 is 2.50 bits per heavy atom. The van der Waals surface area contributed by atoms with Crippen molar-refractivity contribution in [3.05, 3.63) is 66.4 Å². The first kappa shape index (κ1) is 16.1. The molecule has 0 unspecified atom stereocenters. The second kappa shape index (κ2) is 6.52. The number of hydrogen-bond acceptors (Lipinski definition) is 4. The van der Waals surface area contributed by atoms with Gasteiger partial charge in [0.2, 0.25) is 0 Å². The third-order valence-electron chi connectivity index (χ3n) is 4.28. The third-order valence-corrected chi connectivity index (χ3v) is 4.28. The van der Waals surface area contributed by atoms with E-state index < -0.39 is 0 Å². The van der Waals surface area contributed by atoms with Gasteiger partial charge in [-0.05, 0) is 31.2 Å². The molecule has 0 fully saturated rings. The molecule has 0 saturated heterocycles. The Bertz CT molecular complexity index is 1050. The summed E-state index contributed by atoms with van der Waals surface area (Å²) in [5, 5.41) is 4.45. The van der Waals surface area contributed by atoms with Crippen molar-refractivity contribution in [2.45, 2.75) is 6.92 Å². The molecule has 0 spiro atoms. The highest BCUT2D eigenvalue weighted by molar-refractivity contribution is 5.91. The van der Waals surface area contributed by atoms with E-state index in [0.717, 1.165) is 39.5 Å². The maximum absolute atomic E-state index is 4.80. The van der Waals surface area contributed by atoms with Crippen LogP contribution in [0.15, 0.2) is 60.7 Å². The lowest BCUT2D eigenvalue weighted by Gasteiger charge is -2.15. The Morgan fingerprint density at radius 1 is 0.923 bits per heavy atom. The molecule has 4 rings (SSSR count). The minimum absolute atomic E-state index is 0.700. The molecule has 0 radical (unpaired) electrons. The second-order valence-corrected chi connectivity index (χ2v) is 6.55. The minimum atomic E-state index is 0.700. The quantitative estimate of drug-likeness (QED) is 0.562. The van der Waals surface area contributed by atoms with Crippen molar-refractivity contribution in [3.8, 4) is 11.4 Å². The highest BCUT2D eigenvalue weighted by Gasteiger charge is 2.12. The lowest BCUT2D eigenvalue weighted by atomic mass is 10.2. The smallest absolute Gasteiger partial charge is 0.163 e. The first-order valence-electron chi connectivity index (χ1n) is 8.57. The molecular formula is C21H21N5. The SMILES string of the molecule is Cc1cc2c(Nc3cccc(N(C)C)c3)nc(-c3ccccc3)nc2[nH]1. The van der Waals surface area contributed by atoms with Gasteiger partial charge in [-0.3, -0.25) is 0 Å². The molecule has 0 atom stereocenters. The van der Waals surface area contributed by atoms with E-state index in [9.17, 15) is 0 Å². The molecule has 2 heterocycles. The van der Waals surface area contributed by atoms with E-state index in [2.05, 4.69) is 33.4 Å². The van der Waals surface area contributed by atoms with Crippen LogP contribution in [-0.2, 0) is 0 Å². The monoisotopic (exact) mass is 343 g/mol. The Kier molecular flexibility index (Phi) is 4.05. The second-order valence-electron chi connectivity index (χ2n) is 6.55. The molecule has 5 heteroatoms. The highest BCUT2D eigenvalue weighted by atomic mass is 15.1. The van der Waals surface area contributed by atoms with Gasteiger partial charge in [0, 0.05) is 36.7 Å². The number of aromatic amines is 1. The Balaban J connectivity index is 1.82. The molecule has 0 aliphatic rings. The van der Waals surface area contributed by atoms with E-state index >= 15 is 0 Å². The van der Waals surface area contributed by atoms with Crippen molar-refractivity contribution in [3.63, 3.8) is 0 Å². The van der Waals surface area contributed by atoms with Crippen LogP contribution in [0, 0.1) is 6.92 Å². The summed E-state index contributed by atoms with van der Waals surface area (Å²) in [5.41, 5.74) is 5.02. The maximum atomic E-state index is 4.80. The maximum Gasteiger partial charge on any atom is 0.163 e. The summed E-state index contributed by atoms with van der Waals surface area (Å²) in [7, 11) is 4.07. The van der Waals surface area contributed by atoms with Crippen LogP contribution < -0.4 is 10.2 Å². The molecule has 130 valence electrons. The van der Waals surface area contributed by atoms with Crippen molar-refractivity contribution in [1.82, 2.24) is 15.0 Å². The number of anilines is 3. The van der Waals surface area contributed by atoms with Gasteiger partial charge in [0.15, 0.2) is 5.82 Å². The van der Waals surface area contributed by atoms with Crippen molar-refractivity contribution >= 4 is 28.2 Å². The number of aryl methyl sites for hydroxylation is 1. The molecule has 0 saturated carbocycles. The Hall–Kier alpha value is -3.34. The van der Waals surface area contributed by atoms with Crippen molar-refractivity contribution < 1.29 is 0 Å². The molecule has 0 bridgehead atoms. The van der Waals surface area contributed by atoms with Crippen molar-refractivity contribution in [1.29, 1.82) is 0 Å². The van der Waals surface area contributed by atoms with Crippen LogP contribution >= 0.6 is 0 Å². The number of fused-ring (bicyclic) bond motifs is 1. The molecule has 2 aromatic heterocycles. The summed E-state index contributed by atoms with van der Waals surface area (Å²) in [6.07, 6.45) is 0. The molecule has 2 aromatic carbocycles. The van der Waals surface area contributed by atoms with Gasteiger partial charge in [-0.1, -0.05) is 36.4 Å². The molecule has 4 aromatic rings. The number of benzene rings is 2. The molecule has 0 amide bonds. The van der Waals surface area contributed by atoms with E-state index in [4.69, 9.17) is 9.97 Å². The third kappa shape index (κ3) is 3.11. The average Bonchev–Trinajstić information content (AvgIpc) is 3.03. The molecule has 0 aliphatic heterocycles. The summed E-state index contributed by atoms with van der Waals surface area (Å²) >= 11 is 0. The molecular weight excluding hydrogens is 322 g/mol. The summed E-state index contributed by atoms with van der Waals surface area (Å²) in [5.74, 6) is 1.50. The van der Waals surface area contributed by atoms with E-state index in [1.165, 1.54) is 0 Å². The van der Waals surface area contributed by atoms with Crippen LogP contribution in [0.25, 0.3) is 22.4 Å². The van der Waals surface area contributed by atoms with Crippen molar-refractivity contribution in [2.75, 3.05) is 24.3 Å². The fourth-order valence-electron chi connectivity index (χ4n) is 2.95. The molecule has 2 N–H and O–H groups in total. The molecule has 5 nitrogen and oxygen atoms in total. The van der Waals surface area contributed by atoms with E-state index in [1.54, 1.807) is 0 Å². The van der Waals surface area contributed by atoms with E-state index in [-0.39, 0.29) is 0 Å². The predicted octanol–water partition coefficient (Wildman–Crippen LogP) is 4.74. The standard InChI is InChI=1S/C21H21N5/c1-14-12-18-20(22-14)24-19(15-8-5-4-6-9-15)25-21(18)23-16-10-7-11-17(13-16)26(2)3/h4-13H,1-3H3,(H2,22,23,24,25). The molecule has 0 aliphatic carbocycles. The van der Waals surface area contributed by atoms with Gasteiger partial charge >= 0.3 is 0 Å². The summed E-state index contributed by atoms with van der Waals surface area (Å²) in [4.78, 5) is 14.9. The zero-order valence-electron chi connectivity index (χ0n) is 15.1. The number of aromatic nitrogens is 3. The lowest BCUT2D eigenvalue weighted by molar-refractivity contribution is 1.13. The van der Waals surface area contributed by atoms with Gasteiger partial charge in [-0.25, -0.2) is 9.97 Å².